The Kier molecular flexibility index (Phi) is 8.70. The Bertz CT molecular complexity index is 1630. The highest BCUT2D eigenvalue weighted by Gasteiger charge is 2.24. The van der Waals surface area contributed by atoms with Gasteiger partial charge >= 0.3 is 11.7 Å². The summed E-state index contributed by atoms with van der Waals surface area (Å²) in [5, 5.41) is 2.83. The molecular weight excluding hydrogens is 512 g/mol. The van der Waals surface area contributed by atoms with Crippen LogP contribution in [0.15, 0.2) is 101 Å². The molecule has 0 bridgehead atoms. The number of amides is 1. The minimum absolute atomic E-state index is 0.0412. The zero-order valence-electron chi connectivity index (χ0n) is 21.8. The summed E-state index contributed by atoms with van der Waals surface area (Å²) in [6, 6.07) is 25.6. The van der Waals surface area contributed by atoms with Gasteiger partial charge in [0, 0.05) is 12.6 Å². The van der Waals surface area contributed by atoms with Crippen molar-refractivity contribution in [3.63, 3.8) is 0 Å². The van der Waals surface area contributed by atoms with Gasteiger partial charge in [0.25, 0.3) is 11.5 Å². The molecule has 40 heavy (non-hydrogen) atoms. The van der Waals surface area contributed by atoms with Gasteiger partial charge in [-0.2, -0.15) is 0 Å². The number of nitrogens with zero attached hydrogens (tertiary/aromatic N) is 2. The van der Waals surface area contributed by atoms with Crippen molar-refractivity contribution in [1.82, 2.24) is 14.5 Å². The van der Waals surface area contributed by atoms with Gasteiger partial charge in [-0.05, 0) is 23.3 Å². The summed E-state index contributed by atoms with van der Waals surface area (Å²) in [6.45, 7) is -0.727. The van der Waals surface area contributed by atoms with E-state index in [2.05, 4.69) is 5.32 Å². The average Bonchev–Trinajstić information content (AvgIpc) is 2.98. The van der Waals surface area contributed by atoms with Gasteiger partial charge in [-0.15, -0.1) is 0 Å². The van der Waals surface area contributed by atoms with E-state index in [1.54, 1.807) is 84.9 Å². The average molecular weight is 541 g/mol. The lowest BCUT2D eigenvalue weighted by Crippen LogP contribution is -2.43. The van der Waals surface area contributed by atoms with Crippen LogP contribution < -0.4 is 22.3 Å². The van der Waals surface area contributed by atoms with E-state index in [4.69, 9.17) is 10.5 Å². The molecule has 4 aromatic rings. The number of carbonyl (C=O) groups is 3. The van der Waals surface area contributed by atoms with E-state index in [0.29, 0.717) is 11.1 Å². The quantitative estimate of drug-likeness (QED) is 0.232. The summed E-state index contributed by atoms with van der Waals surface area (Å²) in [6.07, 6.45) is -0.267. The van der Waals surface area contributed by atoms with E-state index in [1.807, 2.05) is 6.07 Å². The molecule has 0 aliphatic rings. The van der Waals surface area contributed by atoms with E-state index in [9.17, 15) is 24.0 Å². The first-order chi connectivity index (χ1) is 19.3. The Hall–Kier alpha value is -5.25. The molecule has 10 nitrogen and oxygen atoms in total. The van der Waals surface area contributed by atoms with Gasteiger partial charge < -0.3 is 15.8 Å². The summed E-state index contributed by atoms with van der Waals surface area (Å²) in [5.41, 5.74) is 5.94. The first-order valence-corrected chi connectivity index (χ1v) is 12.5. The molecule has 0 aliphatic carbocycles. The lowest BCUT2D eigenvalue weighted by atomic mass is 10.0. The van der Waals surface area contributed by atoms with Crippen molar-refractivity contribution in [3.05, 3.63) is 134 Å². The van der Waals surface area contributed by atoms with Gasteiger partial charge in [-0.3, -0.25) is 28.3 Å². The Labute approximate surface area is 229 Å². The number of hydrogen-bond donors (Lipinski definition) is 2. The Morgan fingerprint density at radius 3 is 2.08 bits per heavy atom. The number of rotatable bonds is 10. The van der Waals surface area contributed by atoms with Crippen LogP contribution in [0.5, 0.6) is 0 Å². The minimum Gasteiger partial charge on any atom is -0.457 e. The number of carbonyl (C=O) groups excluding carboxylic acids is 3. The van der Waals surface area contributed by atoms with Gasteiger partial charge in [0.1, 0.15) is 11.4 Å². The van der Waals surface area contributed by atoms with Crippen molar-refractivity contribution in [2.45, 2.75) is 19.0 Å². The number of nitrogens with one attached hydrogen (secondary N) is 1. The smallest absolute Gasteiger partial charge is 0.332 e. The highest BCUT2D eigenvalue weighted by Crippen LogP contribution is 2.19. The predicted octanol–water partition coefficient (Wildman–Crippen LogP) is 2.46. The molecule has 0 fully saturated rings. The van der Waals surface area contributed by atoms with E-state index < -0.39 is 41.2 Å². The highest BCUT2D eigenvalue weighted by atomic mass is 16.5. The maximum atomic E-state index is 13.0. The number of ether oxygens (including phenoxy) is 1. The maximum Gasteiger partial charge on any atom is 0.332 e. The molecule has 0 aliphatic heterocycles. The second-order valence-corrected chi connectivity index (χ2v) is 9.07. The number of esters is 1. The zero-order valence-corrected chi connectivity index (χ0v) is 21.8. The Morgan fingerprint density at radius 1 is 0.875 bits per heavy atom. The van der Waals surface area contributed by atoms with Crippen LogP contribution in [0.1, 0.15) is 44.3 Å². The molecule has 0 spiro atoms. The first kappa shape index (κ1) is 27.8. The molecule has 3 N–H and O–H groups in total. The highest BCUT2D eigenvalue weighted by molar-refractivity contribution is 6.01. The molecular formula is C30H28N4O6. The summed E-state index contributed by atoms with van der Waals surface area (Å²) in [7, 11) is 1.24. The number of anilines is 1. The lowest BCUT2D eigenvalue weighted by molar-refractivity contribution is -0.143. The maximum absolute atomic E-state index is 13.0. The number of benzene rings is 3. The summed E-state index contributed by atoms with van der Waals surface area (Å²) >= 11 is 0. The van der Waals surface area contributed by atoms with Crippen LogP contribution in [0.3, 0.4) is 0 Å². The van der Waals surface area contributed by atoms with Crippen LogP contribution in [0, 0.1) is 0 Å². The summed E-state index contributed by atoms with van der Waals surface area (Å²) < 4.78 is 7.12. The van der Waals surface area contributed by atoms with Crippen LogP contribution in [0.25, 0.3) is 0 Å². The molecule has 4 rings (SSSR count). The number of Topliss-reactive ketones (excluding diaryl/α,β-unsaturated/α-hetero) is 1. The normalized spacial score (nSPS) is 11.4. The molecule has 0 saturated carbocycles. The van der Waals surface area contributed by atoms with E-state index in [-0.39, 0.29) is 24.7 Å². The van der Waals surface area contributed by atoms with Crippen molar-refractivity contribution in [3.8, 4) is 0 Å². The van der Waals surface area contributed by atoms with Crippen LogP contribution in [-0.4, -0.2) is 33.4 Å². The van der Waals surface area contributed by atoms with Crippen LogP contribution in [0.2, 0.25) is 0 Å². The molecule has 10 heteroatoms. The second kappa shape index (κ2) is 12.5. The van der Waals surface area contributed by atoms with Crippen molar-refractivity contribution in [1.29, 1.82) is 0 Å². The van der Waals surface area contributed by atoms with Crippen LogP contribution in [0.4, 0.5) is 5.82 Å². The number of nitrogens with two attached hydrogens (primary N) is 1. The molecule has 1 atom stereocenters. The number of aromatic nitrogens is 2. The van der Waals surface area contributed by atoms with E-state index in [0.717, 1.165) is 14.7 Å². The number of ketones is 1. The molecule has 1 amide bonds. The Morgan fingerprint density at radius 2 is 1.45 bits per heavy atom. The number of nitrogen functional groups attached to an aromatic ring is 1. The topological polar surface area (TPSA) is 142 Å². The van der Waals surface area contributed by atoms with Crippen molar-refractivity contribution >= 4 is 23.5 Å². The molecule has 1 heterocycles. The van der Waals surface area contributed by atoms with E-state index >= 15 is 0 Å². The SMILES string of the molecule is Cn1c(=O)c(C(=O)COC(=O)CC(NC(=O)c2ccccc2)c2ccccc2)c(N)n(Cc2ccccc2)c1=O. The van der Waals surface area contributed by atoms with Crippen molar-refractivity contribution in [2.75, 3.05) is 12.3 Å². The standard InChI is InChI=1S/C30H28N4O6/c1-33-29(38)26(27(31)34(30(33)39)18-20-11-5-2-6-12-20)24(35)19-40-25(36)17-23(21-13-7-3-8-14-21)32-28(37)22-15-9-4-10-16-22/h2-16,23H,17-19,31H2,1H3,(H,32,37). The Balaban J connectivity index is 1.50. The number of hydrogen-bond acceptors (Lipinski definition) is 7. The van der Waals surface area contributed by atoms with Crippen LogP contribution in [-0.2, 0) is 23.1 Å². The third-order valence-electron chi connectivity index (χ3n) is 6.32. The van der Waals surface area contributed by atoms with Crippen molar-refractivity contribution in [2.24, 2.45) is 7.05 Å². The van der Waals surface area contributed by atoms with Crippen LogP contribution >= 0.6 is 0 Å². The van der Waals surface area contributed by atoms with Gasteiger partial charge in [-0.25, -0.2) is 4.79 Å². The molecule has 0 radical (unpaired) electrons. The molecule has 1 aromatic heterocycles. The van der Waals surface area contributed by atoms with Gasteiger partial charge in [0.15, 0.2) is 6.61 Å². The van der Waals surface area contributed by atoms with Gasteiger partial charge in [0.2, 0.25) is 5.78 Å². The largest absolute Gasteiger partial charge is 0.457 e. The fourth-order valence-electron chi connectivity index (χ4n) is 4.18. The fraction of sp³-hybridized carbons (Fsp3) is 0.167. The summed E-state index contributed by atoms with van der Waals surface area (Å²) in [5.74, 6) is -2.31. The monoisotopic (exact) mass is 540 g/mol. The molecule has 0 saturated heterocycles. The first-order valence-electron chi connectivity index (χ1n) is 12.5. The summed E-state index contributed by atoms with van der Waals surface area (Å²) in [4.78, 5) is 64.1. The fourth-order valence-corrected chi connectivity index (χ4v) is 4.18. The zero-order chi connectivity index (χ0) is 28.6. The predicted molar refractivity (Wildman–Crippen MR) is 149 cm³/mol. The second-order valence-electron chi connectivity index (χ2n) is 9.07. The third kappa shape index (κ3) is 6.41. The molecule has 204 valence electrons. The van der Waals surface area contributed by atoms with Gasteiger partial charge in [-0.1, -0.05) is 78.9 Å². The lowest BCUT2D eigenvalue weighted by Gasteiger charge is -2.19. The minimum atomic E-state index is -0.884. The third-order valence-corrected chi connectivity index (χ3v) is 6.32. The molecule has 1 unspecified atom stereocenters. The van der Waals surface area contributed by atoms with Gasteiger partial charge in [0.05, 0.1) is 19.0 Å². The van der Waals surface area contributed by atoms with Crippen molar-refractivity contribution < 1.29 is 19.1 Å². The van der Waals surface area contributed by atoms with E-state index in [1.165, 1.54) is 7.05 Å². The molecule has 3 aromatic carbocycles.